The van der Waals surface area contributed by atoms with Crippen LogP contribution in [-0.2, 0) is 5.75 Å². The monoisotopic (exact) mass is 316 g/mol. The smallest absolute Gasteiger partial charge is 0.269 e. The minimum absolute atomic E-state index is 0.0185. The summed E-state index contributed by atoms with van der Waals surface area (Å²) in [7, 11) is 0. The molecule has 5 nitrogen and oxygen atoms in total. The Kier molecular flexibility index (Phi) is 5.97. The fourth-order valence-corrected chi connectivity index (χ4v) is 2.66. The van der Waals surface area contributed by atoms with Crippen LogP contribution in [0.5, 0.6) is 0 Å². The van der Waals surface area contributed by atoms with E-state index >= 15 is 0 Å². The summed E-state index contributed by atoms with van der Waals surface area (Å²) in [5.74, 6) is 1.51. The van der Waals surface area contributed by atoms with Gasteiger partial charge in [-0.25, -0.2) is 0 Å². The number of nitrogens with one attached hydrogen (secondary N) is 1. The number of nitrogens with zero attached hydrogens (tertiary/aromatic N) is 1. The van der Waals surface area contributed by atoms with Gasteiger partial charge in [0, 0.05) is 35.7 Å². The van der Waals surface area contributed by atoms with E-state index in [1.54, 1.807) is 11.8 Å². The molecule has 114 valence electrons. The van der Waals surface area contributed by atoms with Crippen LogP contribution in [0, 0.1) is 10.1 Å². The number of carbonyl (C=O) groups is 1. The topological polar surface area (TPSA) is 72.2 Å². The Balaban J connectivity index is 1.70. The molecule has 0 atom stereocenters. The second-order valence-corrected chi connectivity index (χ2v) is 5.70. The largest absolute Gasteiger partial charge is 0.351 e. The number of thioether (sulfide) groups is 1. The lowest BCUT2D eigenvalue weighted by Crippen LogP contribution is -2.25. The average Bonchev–Trinajstić information content (AvgIpc) is 2.55. The molecule has 0 saturated carbocycles. The SMILES string of the molecule is O=C(NCCSCc1ccccc1)c1ccc([N+](=O)[O-])cc1. The van der Waals surface area contributed by atoms with E-state index in [1.165, 1.54) is 29.8 Å². The molecule has 0 aliphatic heterocycles. The van der Waals surface area contributed by atoms with E-state index in [9.17, 15) is 14.9 Å². The van der Waals surface area contributed by atoms with Crippen LogP contribution in [0.4, 0.5) is 5.69 Å². The maximum Gasteiger partial charge on any atom is 0.269 e. The van der Waals surface area contributed by atoms with Gasteiger partial charge in [-0.1, -0.05) is 30.3 Å². The van der Waals surface area contributed by atoms with E-state index in [-0.39, 0.29) is 11.6 Å². The highest BCUT2D eigenvalue weighted by molar-refractivity contribution is 7.98. The summed E-state index contributed by atoms with van der Waals surface area (Å²) < 4.78 is 0. The van der Waals surface area contributed by atoms with E-state index in [0.29, 0.717) is 12.1 Å². The van der Waals surface area contributed by atoms with Gasteiger partial charge in [0.1, 0.15) is 0 Å². The number of hydrogen-bond acceptors (Lipinski definition) is 4. The molecule has 2 aromatic carbocycles. The highest BCUT2D eigenvalue weighted by atomic mass is 32.2. The van der Waals surface area contributed by atoms with Gasteiger partial charge in [-0.05, 0) is 17.7 Å². The molecule has 0 radical (unpaired) electrons. The molecule has 0 aromatic heterocycles. The van der Waals surface area contributed by atoms with Gasteiger partial charge in [-0.2, -0.15) is 11.8 Å². The van der Waals surface area contributed by atoms with Crippen molar-refractivity contribution in [3.8, 4) is 0 Å². The molecule has 2 aromatic rings. The molecule has 2 rings (SSSR count). The Hall–Kier alpha value is -2.34. The predicted molar refractivity (Wildman–Crippen MR) is 88.0 cm³/mol. The highest BCUT2D eigenvalue weighted by Gasteiger charge is 2.08. The molecule has 0 aliphatic rings. The molecular formula is C16H16N2O3S. The maximum atomic E-state index is 11.9. The van der Waals surface area contributed by atoms with E-state index in [2.05, 4.69) is 17.4 Å². The first-order valence-electron chi connectivity index (χ1n) is 6.81. The van der Waals surface area contributed by atoms with Gasteiger partial charge in [0.05, 0.1) is 4.92 Å². The Labute approximate surface area is 132 Å². The minimum atomic E-state index is -0.484. The summed E-state index contributed by atoms with van der Waals surface area (Å²) in [6, 6.07) is 15.7. The molecule has 22 heavy (non-hydrogen) atoms. The Morgan fingerprint density at radius 2 is 1.77 bits per heavy atom. The molecule has 1 amide bonds. The number of nitro groups is 1. The zero-order chi connectivity index (χ0) is 15.8. The van der Waals surface area contributed by atoms with Crippen LogP contribution >= 0.6 is 11.8 Å². The van der Waals surface area contributed by atoms with Gasteiger partial charge in [-0.15, -0.1) is 0 Å². The van der Waals surface area contributed by atoms with Crippen LogP contribution in [-0.4, -0.2) is 23.1 Å². The van der Waals surface area contributed by atoms with Crippen LogP contribution in [0.3, 0.4) is 0 Å². The third-order valence-corrected chi connectivity index (χ3v) is 4.01. The minimum Gasteiger partial charge on any atom is -0.351 e. The molecule has 0 bridgehead atoms. The third-order valence-electron chi connectivity index (χ3n) is 2.98. The van der Waals surface area contributed by atoms with Crippen molar-refractivity contribution < 1.29 is 9.72 Å². The Bertz CT molecular complexity index is 630. The first-order valence-corrected chi connectivity index (χ1v) is 7.96. The van der Waals surface area contributed by atoms with Crippen molar-refractivity contribution >= 4 is 23.4 Å². The zero-order valence-corrected chi connectivity index (χ0v) is 12.7. The lowest BCUT2D eigenvalue weighted by atomic mass is 10.2. The summed E-state index contributed by atoms with van der Waals surface area (Å²) in [5, 5.41) is 13.3. The van der Waals surface area contributed by atoms with Crippen molar-refractivity contribution in [1.82, 2.24) is 5.32 Å². The van der Waals surface area contributed by atoms with Crippen LogP contribution in [0.25, 0.3) is 0 Å². The van der Waals surface area contributed by atoms with Gasteiger partial charge < -0.3 is 5.32 Å². The molecule has 0 saturated heterocycles. The second kappa shape index (κ2) is 8.19. The lowest BCUT2D eigenvalue weighted by molar-refractivity contribution is -0.384. The molecular weight excluding hydrogens is 300 g/mol. The number of carbonyl (C=O) groups excluding carboxylic acids is 1. The fourth-order valence-electron chi connectivity index (χ4n) is 1.84. The quantitative estimate of drug-likeness (QED) is 0.483. The van der Waals surface area contributed by atoms with Gasteiger partial charge in [0.15, 0.2) is 0 Å². The summed E-state index contributed by atoms with van der Waals surface area (Å²) in [4.78, 5) is 21.9. The van der Waals surface area contributed by atoms with Crippen LogP contribution in [0.15, 0.2) is 54.6 Å². The maximum absolute atomic E-state index is 11.9. The van der Waals surface area contributed by atoms with Crippen LogP contribution in [0.2, 0.25) is 0 Å². The number of non-ortho nitro benzene ring substituents is 1. The molecule has 1 N–H and O–H groups in total. The molecule has 0 fully saturated rings. The van der Waals surface area contributed by atoms with Crippen molar-refractivity contribution in [3.63, 3.8) is 0 Å². The van der Waals surface area contributed by atoms with Crippen molar-refractivity contribution in [3.05, 3.63) is 75.8 Å². The van der Waals surface area contributed by atoms with Gasteiger partial charge >= 0.3 is 0 Å². The normalized spacial score (nSPS) is 10.2. The lowest BCUT2D eigenvalue weighted by Gasteiger charge is -2.05. The van der Waals surface area contributed by atoms with Gasteiger partial charge in [0.25, 0.3) is 11.6 Å². The van der Waals surface area contributed by atoms with E-state index in [0.717, 1.165) is 11.5 Å². The third kappa shape index (κ3) is 4.89. The summed E-state index contributed by atoms with van der Waals surface area (Å²) in [5.41, 5.74) is 1.67. The van der Waals surface area contributed by atoms with Crippen molar-refractivity contribution in [2.45, 2.75) is 5.75 Å². The standard InChI is InChI=1S/C16H16N2O3S/c19-16(14-6-8-15(9-7-14)18(20)21)17-10-11-22-12-13-4-2-1-3-5-13/h1-9H,10-12H2,(H,17,19). The number of hydrogen-bond donors (Lipinski definition) is 1. The fraction of sp³-hybridized carbons (Fsp3) is 0.188. The van der Waals surface area contributed by atoms with E-state index in [1.807, 2.05) is 18.2 Å². The number of nitro benzene ring substituents is 1. The van der Waals surface area contributed by atoms with Crippen LogP contribution in [0.1, 0.15) is 15.9 Å². The molecule has 6 heteroatoms. The Morgan fingerprint density at radius 3 is 2.41 bits per heavy atom. The van der Waals surface area contributed by atoms with E-state index < -0.39 is 4.92 Å². The zero-order valence-electron chi connectivity index (χ0n) is 11.9. The van der Waals surface area contributed by atoms with Gasteiger partial charge in [0.2, 0.25) is 0 Å². The number of amides is 1. The molecule has 0 aliphatic carbocycles. The molecule has 0 unspecified atom stereocenters. The van der Waals surface area contributed by atoms with Gasteiger partial charge in [-0.3, -0.25) is 14.9 Å². The van der Waals surface area contributed by atoms with Crippen molar-refractivity contribution in [2.24, 2.45) is 0 Å². The summed E-state index contributed by atoms with van der Waals surface area (Å²) in [6.07, 6.45) is 0. The molecule has 0 heterocycles. The number of rotatable bonds is 7. The van der Waals surface area contributed by atoms with E-state index in [4.69, 9.17) is 0 Å². The summed E-state index contributed by atoms with van der Waals surface area (Å²) in [6.45, 7) is 0.563. The van der Waals surface area contributed by atoms with Crippen LogP contribution < -0.4 is 5.32 Å². The second-order valence-electron chi connectivity index (χ2n) is 4.60. The first kappa shape index (κ1) is 16.0. The van der Waals surface area contributed by atoms with Crippen molar-refractivity contribution in [2.75, 3.05) is 12.3 Å². The highest BCUT2D eigenvalue weighted by Crippen LogP contribution is 2.12. The number of benzene rings is 2. The molecule has 0 spiro atoms. The first-order chi connectivity index (χ1) is 10.7. The average molecular weight is 316 g/mol. The Morgan fingerprint density at radius 1 is 1.09 bits per heavy atom. The predicted octanol–water partition coefficient (Wildman–Crippen LogP) is 3.26. The van der Waals surface area contributed by atoms with Crippen molar-refractivity contribution in [1.29, 1.82) is 0 Å². The summed E-state index contributed by atoms with van der Waals surface area (Å²) >= 11 is 1.75.